The van der Waals surface area contributed by atoms with Crippen LogP contribution in [0.4, 0.5) is 0 Å². The Labute approximate surface area is 34.9 Å². The highest BCUT2D eigenvalue weighted by Gasteiger charge is 1.73. The number of hydrogen-bond donors (Lipinski definition) is 0. The van der Waals surface area contributed by atoms with Gasteiger partial charge in [0.1, 0.15) is 7.80 Å². The van der Waals surface area contributed by atoms with Crippen molar-refractivity contribution in [1.29, 1.82) is 0 Å². The summed E-state index contributed by atoms with van der Waals surface area (Å²) in [5.74, 6) is 0. The predicted octanol–water partition coefficient (Wildman–Crippen LogP) is 0.597. The monoisotopic (exact) mass is 127 g/mol. The van der Waals surface area contributed by atoms with E-state index in [4.69, 9.17) is 0 Å². The van der Waals surface area contributed by atoms with Gasteiger partial charge in [-0.15, -0.1) is 26.4 Å². The predicted molar refractivity (Wildman–Crippen MR) is 34.9 cm³/mol. The normalized spacial score (nSPS) is 9.00. The van der Waals surface area contributed by atoms with Crippen molar-refractivity contribution in [2.24, 2.45) is 0 Å². The highest BCUT2D eigenvalue weighted by Crippen LogP contribution is 2.08. The topological polar surface area (TPSA) is 0 Å². The highest BCUT2D eigenvalue weighted by atomic mass is 31.8. The molecule has 4 heavy (non-hydrogen) atoms. The summed E-state index contributed by atoms with van der Waals surface area (Å²) in [5.41, 5.74) is 0. The lowest BCUT2D eigenvalue weighted by Crippen LogP contribution is -1.60. The summed E-state index contributed by atoms with van der Waals surface area (Å²) in [4.78, 5) is 0. The fourth-order valence-corrected chi connectivity index (χ4v) is 0. The van der Waals surface area contributed by atoms with Crippen molar-refractivity contribution in [2.45, 2.75) is 0 Å². The quantitative estimate of drug-likeness (QED) is 0.330. The zero-order valence-electron chi connectivity index (χ0n) is 2.23. The minimum Gasteiger partial charge on any atom is -0.142 e. The molecule has 1 radical (unpaired) electrons. The SMILES string of the molecule is P[Si](P)P. The molecule has 0 saturated carbocycles. The van der Waals surface area contributed by atoms with Gasteiger partial charge in [-0.3, -0.25) is 0 Å². The van der Waals surface area contributed by atoms with Crippen LogP contribution in [0.2, 0.25) is 0 Å². The molecular formula is H6P3Si. The Bertz CT molecular complexity index is 8.00. The van der Waals surface area contributed by atoms with E-state index in [0.29, 0.717) is 0 Å². The highest BCUT2D eigenvalue weighted by molar-refractivity contribution is 8.17. The maximum Gasteiger partial charge on any atom is 0.121 e. The Morgan fingerprint density at radius 2 is 1.00 bits per heavy atom. The van der Waals surface area contributed by atoms with E-state index in [1.807, 2.05) is 0 Å². The first-order valence-electron chi connectivity index (χ1n) is 0.866. The largest absolute Gasteiger partial charge is 0.142 e. The van der Waals surface area contributed by atoms with Crippen molar-refractivity contribution in [3.8, 4) is 0 Å². The second-order valence-corrected chi connectivity index (χ2v) is 13.5. The number of rotatable bonds is 0. The van der Waals surface area contributed by atoms with Gasteiger partial charge in [-0.2, -0.15) is 0 Å². The summed E-state index contributed by atoms with van der Waals surface area (Å²) >= 11 is 0. The number of hydrogen-bond acceptors (Lipinski definition) is 0. The van der Waals surface area contributed by atoms with E-state index < -0.39 is 0 Å². The summed E-state index contributed by atoms with van der Waals surface area (Å²) in [6.45, 7) is 0. The van der Waals surface area contributed by atoms with E-state index in [2.05, 4.69) is 26.4 Å². The summed E-state index contributed by atoms with van der Waals surface area (Å²) in [5, 5.41) is 0. The van der Waals surface area contributed by atoms with Gasteiger partial charge >= 0.3 is 0 Å². The molecule has 0 aromatic heterocycles. The second-order valence-electron chi connectivity index (χ2n) is 0.500. The maximum absolute atomic E-state index is 2.69. The van der Waals surface area contributed by atoms with Crippen molar-refractivity contribution in [1.82, 2.24) is 0 Å². The zero-order valence-corrected chi connectivity index (χ0v) is 6.70. The smallest absolute Gasteiger partial charge is 0.121 e. The summed E-state index contributed by atoms with van der Waals surface area (Å²) in [7, 11) is 7.93. The molecule has 3 unspecified atom stereocenters. The van der Waals surface area contributed by atoms with Gasteiger partial charge in [-0.1, -0.05) is 0 Å². The van der Waals surface area contributed by atoms with Crippen LogP contribution < -0.4 is 0 Å². The van der Waals surface area contributed by atoms with Crippen LogP contribution in [0.25, 0.3) is 0 Å². The lowest BCUT2D eigenvalue weighted by Gasteiger charge is -1.75. The molecule has 0 aliphatic carbocycles. The van der Waals surface area contributed by atoms with Crippen LogP contribution in [-0.2, 0) is 0 Å². The zero-order chi connectivity index (χ0) is 3.58. The fraction of sp³-hybridized carbons (Fsp3) is 0. The van der Waals surface area contributed by atoms with Crippen LogP contribution in [0, 0.1) is 0 Å². The van der Waals surface area contributed by atoms with Gasteiger partial charge in [-0.25, -0.2) is 0 Å². The third kappa shape index (κ3) is 9.71. The lowest BCUT2D eigenvalue weighted by atomic mass is 27.3. The van der Waals surface area contributed by atoms with Gasteiger partial charge in [0.05, 0.1) is 0 Å². The first-order chi connectivity index (χ1) is 1.73. The Balaban J connectivity index is 2.32. The Kier molecular flexibility index (Phi) is 3.76. The molecule has 0 aliphatic rings. The van der Waals surface area contributed by atoms with E-state index in [1.165, 1.54) is 0 Å². The molecule has 0 heterocycles. The average molecular weight is 127 g/mol. The molecule has 0 spiro atoms. The van der Waals surface area contributed by atoms with Crippen LogP contribution >= 0.6 is 26.4 Å². The molecule has 0 amide bonds. The molecule has 0 N–H and O–H groups in total. The van der Waals surface area contributed by atoms with Gasteiger partial charge in [0.15, 0.2) is 0 Å². The Morgan fingerprint density at radius 3 is 1.00 bits per heavy atom. The van der Waals surface area contributed by atoms with Crippen molar-refractivity contribution >= 4 is 34.2 Å². The first kappa shape index (κ1) is 5.51. The first-order valence-corrected chi connectivity index (χ1v) is 7.79. The van der Waals surface area contributed by atoms with Crippen LogP contribution in [0.3, 0.4) is 0 Å². The summed E-state index contributed by atoms with van der Waals surface area (Å²) in [6, 6.07) is 0. The van der Waals surface area contributed by atoms with Gasteiger partial charge in [0.2, 0.25) is 0 Å². The molecule has 0 saturated heterocycles. The van der Waals surface area contributed by atoms with Crippen molar-refractivity contribution in [3.05, 3.63) is 0 Å². The molecule has 0 bridgehead atoms. The summed E-state index contributed by atoms with van der Waals surface area (Å²) < 4.78 is 0. The fourth-order valence-electron chi connectivity index (χ4n) is 0. The molecule has 4 heteroatoms. The maximum atomic E-state index is 2.69. The Morgan fingerprint density at radius 1 is 1.00 bits per heavy atom. The average Bonchev–Trinajstić information content (AvgIpc) is 0.811. The van der Waals surface area contributed by atoms with Crippen LogP contribution in [0.15, 0.2) is 0 Å². The third-order valence-corrected chi connectivity index (χ3v) is 0. The summed E-state index contributed by atoms with van der Waals surface area (Å²) in [6.07, 6.45) is 0. The lowest BCUT2D eigenvalue weighted by molar-refractivity contribution is 4.51. The van der Waals surface area contributed by atoms with Crippen molar-refractivity contribution < 1.29 is 0 Å². The van der Waals surface area contributed by atoms with E-state index in [0.717, 1.165) is 0 Å². The van der Waals surface area contributed by atoms with Gasteiger partial charge in [0, 0.05) is 0 Å². The van der Waals surface area contributed by atoms with Gasteiger partial charge in [0.25, 0.3) is 0 Å². The van der Waals surface area contributed by atoms with E-state index in [9.17, 15) is 0 Å². The molecule has 0 nitrogen and oxygen atoms in total. The van der Waals surface area contributed by atoms with Crippen molar-refractivity contribution in [2.75, 3.05) is 0 Å². The molecule has 3 atom stereocenters. The van der Waals surface area contributed by atoms with E-state index in [-0.39, 0.29) is 7.80 Å². The van der Waals surface area contributed by atoms with Gasteiger partial charge < -0.3 is 0 Å². The molecule has 0 aliphatic heterocycles. The second kappa shape index (κ2) is 2.73. The molecule has 0 aromatic carbocycles. The van der Waals surface area contributed by atoms with Crippen LogP contribution in [0.5, 0.6) is 0 Å². The van der Waals surface area contributed by atoms with Crippen molar-refractivity contribution in [3.63, 3.8) is 0 Å². The molecular weight excluding hydrogens is 121 g/mol. The van der Waals surface area contributed by atoms with E-state index in [1.54, 1.807) is 0 Å². The minimum atomic E-state index is -0.130. The minimum absolute atomic E-state index is 0.130. The molecule has 25 valence electrons. The standard InChI is InChI=1S/H6P3Si/c1-4(2)3/h1-3H2. The van der Waals surface area contributed by atoms with Gasteiger partial charge in [-0.05, 0) is 0 Å². The molecule has 0 aromatic rings. The molecule has 0 fully saturated rings. The Hall–Kier alpha value is 1.51. The van der Waals surface area contributed by atoms with E-state index >= 15 is 0 Å². The van der Waals surface area contributed by atoms with Crippen LogP contribution in [-0.4, -0.2) is 7.80 Å². The molecule has 0 rings (SSSR count). The third-order valence-electron chi connectivity index (χ3n) is 0. The van der Waals surface area contributed by atoms with Crippen LogP contribution in [0.1, 0.15) is 0 Å².